The largest absolute Gasteiger partial charge is 0.418 e. The molecule has 1 atom stereocenters. The van der Waals surface area contributed by atoms with E-state index in [9.17, 15) is 27.6 Å². The normalized spacial score (nSPS) is 18.5. The molecule has 4 rings (SSSR count). The van der Waals surface area contributed by atoms with Crippen LogP contribution in [0.5, 0.6) is 0 Å². The zero-order valence-corrected chi connectivity index (χ0v) is 17.9. The zero-order valence-electron chi connectivity index (χ0n) is 17.2. The Morgan fingerprint density at radius 3 is 2.45 bits per heavy atom. The van der Waals surface area contributed by atoms with E-state index >= 15 is 0 Å². The number of urea groups is 1. The Bertz CT molecular complexity index is 1290. The van der Waals surface area contributed by atoms with E-state index in [0.29, 0.717) is 16.5 Å². The molecule has 0 spiro atoms. The number of rotatable bonds is 4. The molecule has 1 aliphatic rings. The van der Waals surface area contributed by atoms with Crippen molar-refractivity contribution in [2.45, 2.75) is 18.6 Å². The standard InChI is InChI=1S/C23H17ClF3N3O3/c1-22(15-7-6-13-4-2-3-5-14(13)10-15)20(32)30(21(33)29-22)12-19(31)28-18-9-8-16(24)11-17(18)23(25,26)27/h2-11H,12H2,1H3,(H,28,31)(H,29,33). The van der Waals surface area contributed by atoms with Crippen molar-refractivity contribution >= 4 is 45.9 Å². The van der Waals surface area contributed by atoms with Gasteiger partial charge in [-0.05, 0) is 47.5 Å². The Kier molecular flexibility index (Phi) is 5.53. The molecule has 1 fully saturated rings. The highest BCUT2D eigenvalue weighted by molar-refractivity contribution is 6.30. The first-order valence-corrected chi connectivity index (χ1v) is 10.2. The zero-order chi connectivity index (χ0) is 24.0. The van der Waals surface area contributed by atoms with Crippen molar-refractivity contribution in [3.8, 4) is 0 Å². The highest BCUT2D eigenvalue weighted by atomic mass is 35.5. The quantitative estimate of drug-likeness (QED) is 0.526. The van der Waals surface area contributed by atoms with Crippen LogP contribution in [-0.2, 0) is 21.3 Å². The minimum atomic E-state index is -4.76. The monoisotopic (exact) mass is 475 g/mol. The van der Waals surface area contributed by atoms with Crippen LogP contribution in [0.4, 0.5) is 23.7 Å². The number of halogens is 4. The first kappa shape index (κ1) is 22.6. The van der Waals surface area contributed by atoms with Gasteiger partial charge in [0, 0.05) is 5.02 Å². The van der Waals surface area contributed by atoms with Gasteiger partial charge in [-0.2, -0.15) is 13.2 Å². The van der Waals surface area contributed by atoms with Gasteiger partial charge in [0.1, 0.15) is 12.1 Å². The molecule has 1 unspecified atom stereocenters. The number of carbonyl (C=O) groups is 3. The topological polar surface area (TPSA) is 78.5 Å². The summed E-state index contributed by atoms with van der Waals surface area (Å²) in [6.07, 6.45) is -4.76. The third-order valence-electron chi connectivity index (χ3n) is 5.46. The lowest BCUT2D eigenvalue weighted by Gasteiger charge is -2.22. The summed E-state index contributed by atoms with van der Waals surface area (Å²) in [5, 5.41) is 6.35. The first-order valence-electron chi connectivity index (χ1n) is 9.79. The van der Waals surface area contributed by atoms with Gasteiger partial charge in [0.2, 0.25) is 5.91 Å². The van der Waals surface area contributed by atoms with Crippen LogP contribution in [0, 0.1) is 0 Å². The maximum absolute atomic E-state index is 13.3. The molecule has 1 saturated heterocycles. The fourth-order valence-corrected chi connectivity index (χ4v) is 3.90. The van der Waals surface area contributed by atoms with Gasteiger partial charge in [-0.15, -0.1) is 0 Å². The molecule has 6 nitrogen and oxygen atoms in total. The molecule has 1 aliphatic heterocycles. The molecule has 170 valence electrons. The van der Waals surface area contributed by atoms with E-state index in [2.05, 4.69) is 10.6 Å². The number of anilines is 1. The second kappa shape index (κ2) is 8.08. The van der Waals surface area contributed by atoms with Gasteiger partial charge < -0.3 is 10.6 Å². The molecule has 3 aromatic rings. The fourth-order valence-electron chi connectivity index (χ4n) is 3.73. The van der Waals surface area contributed by atoms with E-state index in [0.717, 1.165) is 16.8 Å². The number of amides is 4. The van der Waals surface area contributed by atoms with Crippen molar-refractivity contribution in [3.63, 3.8) is 0 Å². The number of nitrogens with zero attached hydrogens (tertiary/aromatic N) is 1. The third-order valence-corrected chi connectivity index (χ3v) is 5.70. The summed E-state index contributed by atoms with van der Waals surface area (Å²) in [7, 11) is 0. The minimum absolute atomic E-state index is 0.152. The number of carbonyl (C=O) groups excluding carboxylic acids is 3. The highest BCUT2D eigenvalue weighted by Gasteiger charge is 2.49. The smallest absolute Gasteiger partial charge is 0.324 e. The van der Waals surface area contributed by atoms with Gasteiger partial charge in [-0.1, -0.05) is 48.0 Å². The highest BCUT2D eigenvalue weighted by Crippen LogP contribution is 2.37. The van der Waals surface area contributed by atoms with Crippen LogP contribution < -0.4 is 10.6 Å². The molecule has 0 aliphatic carbocycles. The summed E-state index contributed by atoms with van der Waals surface area (Å²) in [5.74, 6) is -1.65. The summed E-state index contributed by atoms with van der Waals surface area (Å²) in [6, 6.07) is 14.8. The van der Waals surface area contributed by atoms with Crippen molar-refractivity contribution in [1.82, 2.24) is 10.2 Å². The molecular weight excluding hydrogens is 459 g/mol. The molecule has 0 radical (unpaired) electrons. The molecule has 0 aromatic heterocycles. The summed E-state index contributed by atoms with van der Waals surface area (Å²) in [5.41, 5.74) is -2.58. The van der Waals surface area contributed by atoms with Gasteiger partial charge in [-0.3, -0.25) is 14.5 Å². The van der Waals surface area contributed by atoms with Crippen molar-refractivity contribution in [3.05, 3.63) is 76.8 Å². The lowest BCUT2D eigenvalue weighted by molar-refractivity contribution is -0.137. The van der Waals surface area contributed by atoms with Crippen LogP contribution in [0.2, 0.25) is 5.02 Å². The maximum atomic E-state index is 13.3. The summed E-state index contributed by atoms with van der Waals surface area (Å²) in [4.78, 5) is 38.7. The summed E-state index contributed by atoms with van der Waals surface area (Å²) in [6.45, 7) is 0.754. The van der Waals surface area contributed by atoms with E-state index < -0.39 is 47.4 Å². The van der Waals surface area contributed by atoms with Gasteiger partial charge >= 0.3 is 12.2 Å². The number of hydrogen-bond acceptors (Lipinski definition) is 3. The molecule has 2 N–H and O–H groups in total. The molecular formula is C23H17ClF3N3O3. The minimum Gasteiger partial charge on any atom is -0.324 e. The molecule has 0 bridgehead atoms. The van der Waals surface area contributed by atoms with E-state index in [4.69, 9.17) is 11.6 Å². The lowest BCUT2D eigenvalue weighted by atomic mass is 9.90. The van der Waals surface area contributed by atoms with Crippen LogP contribution in [0.15, 0.2) is 60.7 Å². The number of hydrogen-bond donors (Lipinski definition) is 2. The van der Waals surface area contributed by atoms with Crippen LogP contribution >= 0.6 is 11.6 Å². The second-order valence-corrected chi connectivity index (χ2v) is 8.18. The number of fused-ring (bicyclic) bond motifs is 1. The molecule has 1 heterocycles. The van der Waals surface area contributed by atoms with E-state index in [1.807, 2.05) is 30.3 Å². The van der Waals surface area contributed by atoms with E-state index in [1.54, 1.807) is 12.1 Å². The fraction of sp³-hybridized carbons (Fsp3) is 0.174. The number of nitrogens with one attached hydrogen (secondary N) is 2. The van der Waals surface area contributed by atoms with Crippen molar-refractivity contribution in [2.24, 2.45) is 0 Å². The van der Waals surface area contributed by atoms with E-state index in [1.165, 1.54) is 13.0 Å². The van der Waals surface area contributed by atoms with Crippen LogP contribution in [0.1, 0.15) is 18.1 Å². The van der Waals surface area contributed by atoms with Crippen molar-refractivity contribution in [1.29, 1.82) is 0 Å². The molecule has 0 saturated carbocycles. The van der Waals surface area contributed by atoms with Crippen LogP contribution in [0.3, 0.4) is 0 Å². The SMILES string of the molecule is CC1(c2ccc3ccccc3c2)NC(=O)N(CC(=O)Nc2ccc(Cl)cc2C(F)(F)F)C1=O. The molecule has 10 heteroatoms. The Morgan fingerprint density at radius 2 is 1.76 bits per heavy atom. The predicted molar refractivity (Wildman–Crippen MR) is 117 cm³/mol. The van der Waals surface area contributed by atoms with Crippen LogP contribution in [-0.4, -0.2) is 29.3 Å². The second-order valence-electron chi connectivity index (χ2n) is 7.74. The maximum Gasteiger partial charge on any atom is 0.418 e. The Morgan fingerprint density at radius 1 is 1.06 bits per heavy atom. The Hall–Kier alpha value is -3.59. The number of alkyl halides is 3. The average molecular weight is 476 g/mol. The van der Waals surface area contributed by atoms with Crippen molar-refractivity contribution < 1.29 is 27.6 Å². The Balaban J connectivity index is 1.55. The molecule has 3 aromatic carbocycles. The predicted octanol–water partition coefficient (Wildman–Crippen LogP) is 4.92. The van der Waals surface area contributed by atoms with Crippen LogP contribution in [0.25, 0.3) is 10.8 Å². The Labute approximate surface area is 191 Å². The van der Waals surface area contributed by atoms with Crippen molar-refractivity contribution in [2.75, 3.05) is 11.9 Å². The van der Waals surface area contributed by atoms with Gasteiger partial charge in [0.05, 0.1) is 11.3 Å². The van der Waals surface area contributed by atoms with Gasteiger partial charge in [-0.25, -0.2) is 4.79 Å². The third kappa shape index (κ3) is 4.23. The van der Waals surface area contributed by atoms with E-state index in [-0.39, 0.29) is 5.02 Å². The number of benzene rings is 3. The molecule has 4 amide bonds. The van der Waals surface area contributed by atoms with Gasteiger partial charge in [0.15, 0.2) is 0 Å². The van der Waals surface area contributed by atoms with Gasteiger partial charge in [0.25, 0.3) is 5.91 Å². The lowest BCUT2D eigenvalue weighted by Crippen LogP contribution is -2.42. The first-order chi connectivity index (χ1) is 15.5. The number of imide groups is 1. The summed E-state index contributed by atoms with van der Waals surface area (Å²) >= 11 is 5.64. The summed E-state index contributed by atoms with van der Waals surface area (Å²) < 4.78 is 39.8. The average Bonchev–Trinajstić information content (AvgIpc) is 2.98. The molecule has 33 heavy (non-hydrogen) atoms.